The molecule has 24 nitrogen and oxygen atoms in total. The van der Waals surface area contributed by atoms with Crippen LogP contribution >= 0.6 is 0 Å². The summed E-state index contributed by atoms with van der Waals surface area (Å²) >= 11 is 0. The van der Waals surface area contributed by atoms with Gasteiger partial charge < -0.3 is 56.8 Å². The lowest BCUT2D eigenvalue weighted by atomic mass is 9.80. The molecule has 0 N–H and O–H groups in total. The van der Waals surface area contributed by atoms with E-state index >= 15 is 0 Å². The minimum atomic E-state index is -0.992. The van der Waals surface area contributed by atoms with Gasteiger partial charge >= 0.3 is 65.7 Å². The molecule has 3 aliphatic rings. The van der Waals surface area contributed by atoms with Gasteiger partial charge in [-0.15, -0.1) is 0 Å². The van der Waals surface area contributed by atoms with E-state index in [1.807, 2.05) is 0 Å². The summed E-state index contributed by atoms with van der Waals surface area (Å²) < 4.78 is 64.4. The Kier molecular flexibility index (Phi) is 29.4. The van der Waals surface area contributed by atoms with Gasteiger partial charge in [0.2, 0.25) is 0 Å². The maximum Gasteiger partial charge on any atom is 0.342 e. The van der Waals surface area contributed by atoms with E-state index in [0.29, 0.717) is 77.0 Å². The van der Waals surface area contributed by atoms with Gasteiger partial charge in [0.25, 0.3) is 0 Å². The summed E-state index contributed by atoms with van der Waals surface area (Å²) in [4.78, 5) is 153. The predicted molar refractivity (Wildman–Crippen MR) is 311 cm³/mol. The van der Waals surface area contributed by atoms with Crippen molar-refractivity contribution in [2.75, 3.05) is 59.5 Å². The molecule has 5 rings (SSSR count). The van der Waals surface area contributed by atoms with Crippen molar-refractivity contribution in [3.8, 4) is 23.0 Å². The highest BCUT2D eigenvalue weighted by atomic mass is 16.6. The lowest BCUT2D eigenvalue weighted by Crippen LogP contribution is -2.30. The Hall–Kier alpha value is -8.96. The van der Waals surface area contributed by atoms with Crippen molar-refractivity contribution >= 4 is 71.4 Å². The molecule has 0 radical (unpaired) electrons. The van der Waals surface area contributed by atoms with Crippen LogP contribution in [-0.4, -0.2) is 131 Å². The smallest absolute Gasteiger partial charge is 0.342 e. The molecule has 0 aromatic heterocycles. The molecule has 3 aliphatic carbocycles. The first-order chi connectivity index (χ1) is 42.7. The van der Waals surface area contributed by atoms with E-state index in [2.05, 4.69) is 26.3 Å². The Bertz CT molecular complexity index is 2910. The number of hydrogen-bond donors (Lipinski definition) is 0. The maximum atomic E-state index is 13.6. The molecule has 482 valence electrons. The fourth-order valence-corrected chi connectivity index (χ4v) is 9.71. The second kappa shape index (κ2) is 37.0. The number of unbranched alkanes of at least 4 members (excludes halogenated alkanes) is 2. The van der Waals surface area contributed by atoms with Crippen molar-refractivity contribution in [3.63, 3.8) is 0 Å². The molecule has 0 amide bonds. The highest BCUT2D eigenvalue weighted by Gasteiger charge is 2.36. The third-order valence-electron chi connectivity index (χ3n) is 14.8. The lowest BCUT2D eigenvalue weighted by molar-refractivity contribution is -0.152. The number of esters is 11. The van der Waals surface area contributed by atoms with E-state index in [4.69, 9.17) is 56.8 Å². The molecular formula is C65H78O24. The summed E-state index contributed by atoms with van der Waals surface area (Å²) in [5.74, 6) is -11.1. The van der Waals surface area contributed by atoms with Gasteiger partial charge in [0, 0.05) is 29.2 Å². The average Bonchev–Trinajstić information content (AvgIpc) is 1.48. The summed E-state index contributed by atoms with van der Waals surface area (Å²) in [5, 5.41) is 0. The number of Topliss-reactive ketones (excluding diaryl/α,β-unsaturated/α-hetero) is 1. The van der Waals surface area contributed by atoms with Crippen LogP contribution in [-0.2, 0) is 85.8 Å². The second-order valence-corrected chi connectivity index (χ2v) is 21.6. The van der Waals surface area contributed by atoms with Gasteiger partial charge in [-0.05, 0) is 153 Å². The topological polar surface area (TPSA) is 316 Å². The summed E-state index contributed by atoms with van der Waals surface area (Å²) in [7, 11) is 0. The highest BCUT2D eigenvalue weighted by Crippen LogP contribution is 2.36. The lowest BCUT2D eigenvalue weighted by Gasteiger charge is -2.26. The van der Waals surface area contributed by atoms with Crippen molar-refractivity contribution in [1.29, 1.82) is 0 Å². The van der Waals surface area contributed by atoms with Crippen molar-refractivity contribution in [3.05, 3.63) is 97.1 Å². The summed E-state index contributed by atoms with van der Waals surface area (Å²) in [6, 6.07) is 7.71. The SMILES string of the molecule is C=CC(=O)OCCCCOC(=O)C1CCC(C(=O)COc2ccc(OC(=O)C3CCC(C(=O)Oc4ccc(OC(=O)C5CCC(C(=O)OCCCCOC(=O)C=C)CC5)c(C(=O)OCCOC(=O)C(=C)C)c4)CC3)cc2C(=O)OCCOC(=O)C(=C)C)CC1. The Morgan fingerprint density at radius 3 is 1.10 bits per heavy atom. The fraction of sp³-hybridized carbons (Fsp3) is 0.508. The van der Waals surface area contributed by atoms with Crippen molar-refractivity contribution in [1.82, 2.24) is 0 Å². The van der Waals surface area contributed by atoms with Crippen molar-refractivity contribution in [2.24, 2.45) is 35.5 Å². The zero-order valence-corrected chi connectivity index (χ0v) is 50.4. The first-order valence-corrected chi connectivity index (χ1v) is 29.7. The van der Waals surface area contributed by atoms with E-state index in [1.165, 1.54) is 50.2 Å². The summed E-state index contributed by atoms with van der Waals surface area (Å²) in [6.45, 7) is 15.4. The molecule has 0 spiro atoms. The van der Waals surface area contributed by atoms with Crippen LogP contribution in [0.5, 0.6) is 23.0 Å². The van der Waals surface area contributed by atoms with Gasteiger partial charge in [-0.25, -0.2) is 28.8 Å². The van der Waals surface area contributed by atoms with Gasteiger partial charge in [0.05, 0.1) is 56.0 Å². The van der Waals surface area contributed by atoms with Gasteiger partial charge in [0.15, 0.2) is 5.78 Å². The summed E-state index contributed by atoms with van der Waals surface area (Å²) in [5.41, 5.74) is -0.216. The van der Waals surface area contributed by atoms with Crippen LogP contribution in [0.25, 0.3) is 0 Å². The van der Waals surface area contributed by atoms with Crippen LogP contribution in [0.2, 0.25) is 0 Å². The quantitative estimate of drug-likeness (QED) is 0.0210. The molecule has 0 heterocycles. The van der Waals surface area contributed by atoms with Crippen LogP contribution < -0.4 is 18.9 Å². The van der Waals surface area contributed by atoms with Crippen molar-refractivity contribution < 1.29 is 114 Å². The molecule has 24 heteroatoms. The molecule has 2 aromatic rings. The first-order valence-electron chi connectivity index (χ1n) is 29.7. The Labute approximate surface area is 515 Å². The van der Waals surface area contributed by atoms with E-state index < -0.39 is 95.9 Å². The van der Waals surface area contributed by atoms with Crippen LogP contribution in [0.3, 0.4) is 0 Å². The number of rotatable bonds is 34. The van der Waals surface area contributed by atoms with E-state index in [9.17, 15) is 57.5 Å². The molecule has 2 aromatic carbocycles. The number of ether oxygens (including phenoxy) is 12. The van der Waals surface area contributed by atoms with E-state index in [1.54, 1.807) is 0 Å². The first kappa shape index (κ1) is 70.8. The minimum Gasteiger partial charge on any atom is -0.485 e. The second-order valence-electron chi connectivity index (χ2n) is 21.6. The third kappa shape index (κ3) is 23.9. The number of benzene rings is 2. The van der Waals surface area contributed by atoms with Gasteiger partial charge in [0.1, 0.15) is 67.2 Å². The monoisotopic (exact) mass is 1240 g/mol. The fourth-order valence-electron chi connectivity index (χ4n) is 9.71. The summed E-state index contributed by atoms with van der Waals surface area (Å²) in [6.07, 6.45) is 7.80. The molecule has 89 heavy (non-hydrogen) atoms. The van der Waals surface area contributed by atoms with E-state index in [0.717, 1.165) is 12.2 Å². The Morgan fingerprint density at radius 2 is 0.719 bits per heavy atom. The predicted octanol–water partition coefficient (Wildman–Crippen LogP) is 8.13. The van der Waals surface area contributed by atoms with E-state index in [-0.39, 0.29) is 141 Å². The Balaban J connectivity index is 1.15. The molecule has 0 atom stereocenters. The molecular weight excluding hydrogens is 1160 g/mol. The molecule has 0 unspecified atom stereocenters. The number of carbonyl (C=O) groups excluding carboxylic acids is 12. The van der Waals surface area contributed by atoms with Crippen LogP contribution in [0.15, 0.2) is 86.0 Å². The largest absolute Gasteiger partial charge is 0.485 e. The molecule has 3 saturated carbocycles. The maximum absolute atomic E-state index is 13.6. The van der Waals surface area contributed by atoms with Crippen LogP contribution in [0.1, 0.15) is 137 Å². The standard InChI is InChI=1S/C65H78O24/c1-7-55(67)78-29-9-11-31-80-59(71)43-15-13-42(14-16-43)52(66)39-86-53-27-25-48(37-50(53)64(76)84-35-33-82-57(69)40(3)4)87-61(73)45-21-23-46(24-22-45)62(74)88-49-26-28-54(51(38-49)65(77)85-36-34-83-58(70)41(5)6)89-63(75)47-19-17-44(18-20-47)60(72)81-32-12-10-30-79-56(68)8-2/h7-8,25-28,37-38,42-47H,1-3,5,9-24,29-36,39H2,4,6H3. The van der Waals surface area contributed by atoms with Crippen LogP contribution in [0, 0.1) is 35.5 Å². The zero-order valence-electron chi connectivity index (χ0n) is 50.4. The van der Waals surface area contributed by atoms with Crippen molar-refractivity contribution in [2.45, 2.75) is 117 Å². The molecule has 0 aliphatic heterocycles. The molecule has 0 saturated heterocycles. The van der Waals surface area contributed by atoms with Crippen LogP contribution in [0.4, 0.5) is 0 Å². The minimum absolute atomic E-state index is 0.0610. The number of ketones is 1. The average molecular weight is 1240 g/mol. The number of carbonyl (C=O) groups is 12. The molecule has 0 bridgehead atoms. The molecule has 3 fully saturated rings. The Morgan fingerprint density at radius 1 is 0.393 bits per heavy atom. The highest BCUT2D eigenvalue weighted by molar-refractivity contribution is 5.95. The normalized spacial score (nSPS) is 18.5. The van der Waals surface area contributed by atoms with Gasteiger partial charge in [-0.1, -0.05) is 26.3 Å². The van der Waals surface area contributed by atoms with Gasteiger partial charge in [-0.2, -0.15) is 0 Å². The third-order valence-corrected chi connectivity index (χ3v) is 14.8. The van der Waals surface area contributed by atoms with Gasteiger partial charge in [-0.3, -0.25) is 28.8 Å². The number of hydrogen-bond acceptors (Lipinski definition) is 24. The zero-order chi connectivity index (χ0) is 64.8.